The number of hydrogen-bond acceptors (Lipinski definition) is 5. The summed E-state index contributed by atoms with van der Waals surface area (Å²) in [6.45, 7) is 0.705. The number of nitrogens with two attached hydrogens (primary N) is 1. The predicted molar refractivity (Wildman–Crippen MR) is 103 cm³/mol. The molecule has 0 atom stereocenters. The normalized spacial score (nSPS) is 10.7. The van der Waals surface area contributed by atoms with Crippen molar-refractivity contribution in [1.29, 1.82) is 0 Å². The molecule has 8 heteroatoms. The first-order chi connectivity index (χ1) is 13.3. The standard InChI is InChI=1S/C20H19N3O5/c1-13(24)22-17(11-14-5-3-2-4-6-14)20(27)28-12-18(25)23-16-9-7-15(8-10-16)19(21)26/h2-11H,12H2,1H3,(H2,21,26)(H,22,24)(H,23,25)/b17-11-. The van der Waals surface area contributed by atoms with E-state index in [2.05, 4.69) is 10.6 Å². The number of primary amides is 1. The van der Waals surface area contributed by atoms with Gasteiger partial charge in [0.2, 0.25) is 11.8 Å². The monoisotopic (exact) mass is 381 g/mol. The van der Waals surface area contributed by atoms with Crippen LogP contribution in [-0.4, -0.2) is 30.3 Å². The molecular formula is C20H19N3O5. The smallest absolute Gasteiger partial charge is 0.355 e. The molecule has 0 saturated heterocycles. The molecule has 2 aromatic rings. The van der Waals surface area contributed by atoms with E-state index in [-0.39, 0.29) is 5.70 Å². The fourth-order valence-corrected chi connectivity index (χ4v) is 2.18. The Labute approximate surface area is 161 Å². The average Bonchev–Trinajstić information content (AvgIpc) is 2.66. The SMILES string of the molecule is CC(=O)N/C(=C\c1ccccc1)C(=O)OCC(=O)Nc1ccc(C(N)=O)cc1. The zero-order valence-corrected chi connectivity index (χ0v) is 15.1. The lowest BCUT2D eigenvalue weighted by atomic mass is 10.2. The number of ether oxygens (including phenoxy) is 1. The number of nitrogens with one attached hydrogen (secondary N) is 2. The molecule has 0 unspecified atom stereocenters. The van der Waals surface area contributed by atoms with E-state index >= 15 is 0 Å². The quantitative estimate of drug-likeness (QED) is 0.494. The third-order valence-corrected chi connectivity index (χ3v) is 3.43. The summed E-state index contributed by atoms with van der Waals surface area (Å²) < 4.78 is 4.97. The van der Waals surface area contributed by atoms with Gasteiger partial charge in [0.15, 0.2) is 6.61 Å². The second-order valence-corrected chi connectivity index (χ2v) is 5.72. The molecular weight excluding hydrogens is 362 g/mol. The number of amides is 3. The molecule has 0 fully saturated rings. The van der Waals surface area contributed by atoms with Gasteiger partial charge in [-0.3, -0.25) is 14.4 Å². The van der Waals surface area contributed by atoms with Crippen LogP contribution in [0.15, 0.2) is 60.3 Å². The molecule has 4 N–H and O–H groups in total. The van der Waals surface area contributed by atoms with Crippen molar-refractivity contribution in [3.05, 3.63) is 71.4 Å². The van der Waals surface area contributed by atoms with Gasteiger partial charge in [-0.25, -0.2) is 4.79 Å². The molecule has 0 bridgehead atoms. The van der Waals surface area contributed by atoms with Crippen molar-refractivity contribution in [2.24, 2.45) is 5.73 Å². The fraction of sp³-hybridized carbons (Fsp3) is 0.100. The summed E-state index contributed by atoms with van der Waals surface area (Å²) >= 11 is 0. The van der Waals surface area contributed by atoms with E-state index in [1.165, 1.54) is 37.3 Å². The molecule has 0 aliphatic carbocycles. The number of benzene rings is 2. The van der Waals surface area contributed by atoms with Crippen LogP contribution >= 0.6 is 0 Å². The predicted octanol–water partition coefficient (Wildman–Crippen LogP) is 1.44. The van der Waals surface area contributed by atoms with Gasteiger partial charge >= 0.3 is 5.97 Å². The van der Waals surface area contributed by atoms with Gasteiger partial charge in [0.05, 0.1) is 0 Å². The topological polar surface area (TPSA) is 128 Å². The fourth-order valence-electron chi connectivity index (χ4n) is 2.18. The summed E-state index contributed by atoms with van der Waals surface area (Å²) in [5.74, 6) is -2.46. The summed E-state index contributed by atoms with van der Waals surface area (Å²) in [5, 5.41) is 4.91. The maximum absolute atomic E-state index is 12.2. The maximum Gasteiger partial charge on any atom is 0.355 e. The van der Waals surface area contributed by atoms with Crippen molar-refractivity contribution < 1.29 is 23.9 Å². The van der Waals surface area contributed by atoms with Crippen LogP contribution in [0.5, 0.6) is 0 Å². The van der Waals surface area contributed by atoms with Crippen LogP contribution in [0.4, 0.5) is 5.69 Å². The van der Waals surface area contributed by atoms with E-state index in [0.717, 1.165) is 0 Å². The minimum absolute atomic E-state index is 0.0858. The third-order valence-electron chi connectivity index (χ3n) is 3.43. The summed E-state index contributed by atoms with van der Waals surface area (Å²) in [5.41, 5.74) is 6.45. The van der Waals surface area contributed by atoms with Crippen LogP contribution in [0.1, 0.15) is 22.8 Å². The third kappa shape index (κ3) is 6.41. The summed E-state index contributed by atoms with van der Waals surface area (Å²) in [6, 6.07) is 14.8. The Morgan fingerprint density at radius 2 is 1.64 bits per heavy atom. The van der Waals surface area contributed by atoms with Crippen molar-refractivity contribution in [3.8, 4) is 0 Å². The molecule has 0 heterocycles. The summed E-state index contributed by atoms with van der Waals surface area (Å²) in [4.78, 5) is 46.5. The molecule has 0 aliphatic rings. The lowest BCUT2D eigenvalue weighted by Gasteiger charge is -2.10. The van der Waals surface area contributed by atoms with Gasteiger partial charge in [0.1, 0.15) is 5.70 Å². The van der Waals surface area contributed by atoms with Gasteiger partial charge in [0, 0.05) is 18.2 Å². The Balaban J connectivity index is 1.97. The highest BCUT2D eigenvalue weighted by Gasteiger charge is 2.15. The highest BCUT2D eigenvalue weighted by molar-refractivity contribution is 6.00. The Hall–Kier alpha value is -3.94. The Morgan fingerprint density at radius 1 is 1.00 bits per heavy atom. The van der Waals surface area contributed by atoms with Crippen LogP contribution in [0.3, 0.4) is 0 Å². The van der Waals surface area contributed by atoms with Crippen LogP contribution in [-0.2, 0) is 19.1 Å². The molecule has 2 rings (SSSR count). The minimum atomic E-state index is -0.849. The first-order valence-corrected chi connectivity index (χ1v) is 8.26. The lowest BCUT2D eigenvalue weighted by molar-refractivity contribution is -0.144. The van der Waals surface area contributed by atoms with Gasteiger partial charge < -0.3 is 21.1 Å². The van der Waals surface area contributed by atoms with Crippen molar-refractivity contribution in [2.75, 3.05) is 11.9 Å². The highest BCUT2D eigenvalue weighted by Crippen LogP contribution is 2.10. The van der Waals surface area contributed by atoms with Gasteiger partial charge in [-0.2, -0.15) is 0 Å². The van der Waals surface area contributed by atoms with E-state index in [4.69, 9.17) is 10.5 Å². The zero-order valence-electron chi connectivity index (χ0n) is 15.1. The molecule has 8 nitrogen and oxygen atoms in total. The van der Waals surface area contributed by atoms with Gasteiger partial charge in [-0.1, -0.05) is 30.3 Å². The number of carbonyl (C=O) groups excluding carboxylic acids is 4. The molecule has 0 spiro atoms. The molecule has 0 radical (unpaired) electrons. The molecule has 0 saturated carbocycles. The second-order valence-electron chi connectivity index (χ2n) is 5.72. The molecule has 3 amide bonds. The van der Waals surface area contributed by atoms with E-state index in [9.17, 15) is 19.2 Å². The summed E-state index contributed by atoms with van der Waals surface area (Å²) in [7, 11) is 0. The maximum atomic E-state index is 12.2. The first kappa shape index (κ1) is 20.4. The number of esters is 1. The number of rotatable bonds is 7. The Bertz CT molecular complexity index is 905. The van der Waals surface area contributed by atoms with Gasteiger partial charge in [-0.15, -0.1) is 0 Å². The first-order valence-electron chi connectivity index (χ1n) is 8.26. The molecule has 144 valence electrons. The van der Waals surface area contributed by atoms with Crippen molar-refractivity contribution in [1.82, 2.24) is 5.32 Å². The summed E-state index contributed by atoms with van der Waals surface area (Å²) in [6.07, 6.45) is 1.45. The van der Waals surface area contributed by atoms with E-state index in [1.807, 2.05) is 6.07 Å². The molecule has 0 aliphatic heterocycles. The average molecular weight is 381 g/mol. The number of anilines is 1. The number of hydrogen-bond donors (Lipinski definition) is 3. The Morgan fingerprint density at radius 3 is 2.21 bits per heavy atom. The largest absolute Gasteiger partial charge is 0.451 e. The highest BCUT2D eigenvalue weighted by atomic mass is 16.5. The van der Waals surface area contributed by atoms with Crippen LogP contribution < -0.4 is 16.4 Å². The lowest BCUT2D eigenvalue weighted by Crippen LogP contribution is -2.28. The van der Waals surface area contributed by atoms with Crippen LogP contribution in [0, 0.1) is 0 Å². The van der Waals surface area contributed by atoms with Crippen LogP contribution in [0.2, 0.25) is 0 Å². The zero-order chi connectivity index (χ0) is 20.5. The van der Waals surface area contributed by atoms with Crippen molar-refractivity contribution in [3.63, 3.8) is 0 Å². The van der Waals surface area contributed by atoms with Crippen molar-refractivity contribution in [2.45, 2.75) is 6.92 Å². The van der Waals surface area contributed by atoms with E-state index in [1.54, 1.807) is 24.3 Å². The molecule has 2 aromatic carbocycles. The van der Waals surface area contributed by atoms with Gasteiger partial charge in [0.25, 0.3) is 5.91 Å². The van der Waals surface area contributed by atoms with Crippen LogP contribution in [0.25, 0.3) is 6.08 Å². The minimum Gasteiger partial charge on any atom is -0.451 e. The van der Waals surface area contributed by atoms with E-state index < -0.39 is 30.3 Å². The van der Waals surface area contributed by atoms with Gasteiger partial charge in [-0.05, 0) is 35.9 Å². The molecule has 28 heavy (non-hydrogen) atoms. The molecule has 0 aromatic heterocycles. The second kappa shape index (κ2) is 9.67. The Kier molecular flexibility index (Phi) is 7.04. The number of carbonyl (C=O) groups is 4. The van der Waals surface area contributed by atoms with E-state index in [0.29, 0.717) is 16.8 Å². The van der Waals surface area contributed by atoms with Crippen molar-refractivity contribution >= 4 is 35.5 Å².